The van der Waals surface area contributed by atoms with Gasteiger partial charge in [0.25, 0.3) is 0 Å². The van der Waals surface area contributed by atoms with Crippen molar-refractivity contribution < 1.29 is 0 Å². The van der Waals surface area contributed by atoms with Gasteiger partial charge in [0, 0.05) is 5.54 Å². The zero-order valence-electron chi connectivity index (χ0n) is 9.09. The van der Waals surface area contributed by atoms with Crippen molar-refractivity contribution in [1.29, 1.82) is 0 Å². The molecule has 0 saturated carbocycles. The maximum atomic E-state index is 3.71. The summed E-state index contributed by atoms with van der Waals surface area (Å²) in [5, 5.41) is 3.50. The van der Waals surface area contributed by atoms with Gasteiger partial charge in [-0.15, -0.1) is 6.58 Å². The highest BCUT2D eigenvalue weighted by Gasteiger charge is 2.17. The molecule has 1 aromatic carbocycles. The number of rotatable bonds is 5. The third-order valence-corrected chi connectivity index (χ3v) is 2.41. The van der Waals surface area contributed by atoms with E-state index in [0.717, 1.165) is 13.0 Å². The van der Waals surface area contributed by atoms with Gasteiger partial charge in [-0.1, -0.05) is 36.4 Å². The first-order chi connectivity index (χ1) is 6.67. The Morgan fingerprint density at radius 3 is 2.50 bits per heavy atom. The first kappa shape index (κ1) is 11.0. The molecule has 1 N–H and O–H groups in total. The minimum absolute atomic E-state index is 0.0459. The van der Waals surface area contributed by atoms with E-state index in [1.54, 1.807) is 0 Å². The summed E-state index contributed by atoms with van der Waals surface area (Å²) in [5.74, 6) is 0. The molecule has 0 heterocycles. The van der Waals surface area contributed by atoms with Gasteiger partial charge in [-0.3, -0.25) is 0 Å². The lowest BCUT2D eigenvalue weighted by molar-refractivity contribution is 0.408. The fraction of sp³-hybridized carbons (Fsp3) is 0.385. The van der Waals surface area contributed by atoms with Crippen molar-refractivity contribution in [2.24, 2.45) is 0 Å². The van der Waals surface area contributed by atoms with E-state index in [-0.39, 0.29) is 5.54 Å². The van der Waals surface area contributed by atoms with Crippen LogP contribution < -0.4 is 5.32 Å². The van der Waals surface area contributed by atoms with Crippen LogP contribution in [0.15, 0.2) is 43.0 Å². The van der Waals surface area contributed by atoms with Gasteiger partial charge in [-0.25, -0.2) is 0 Å². The van der Waals surface area contributed by atoms with E-state index in [4.69, 9.17) is 0 Å². The van der Waals surface area contributed by atoms with Crippen molar-refractivity contribution in [2.75, 3.05) is 6.54 Å². The third-order valence-electron chi connectivity index (χ3n) is 2.41. The average molecular weight is 189 g/mol. The van der Waals surface area contributed by atoms with Gasteiger partial charge in [0.15, 0.2) is 0 Å². The molecule has 0 saturated heterocycles. The van der Waals surface area contributed by atoms with Crippen LogP contribution in [0.4, 0.5) is 0 Å². The Labute approximate surface area is 86.8 Å². The molecule has 1 heteroatoms. The van der Waals surface area contributed by atoms with Crippen molar-refractivity contribution in [3.05, 3.63) is 48.6 Å². The molecule has 0 unspecified atom stereocenters. The highest BCUT2D eigenvalue weighted by molar-refractivity contribution is 5.22. The largest absolute Gasteiger partial charge is 0.308 e. The molecule has 0 bridgehead atoms. The normalized spacial score (nSPS) is 11.3. The Morgan fingerprint density at radius 1 is 1.29 bits per heavy atom. The fourth-order valence-electron chi connectivity index (χ4n) is 1.44. The van der Waals surface area contributed by atoms with Crippen molar-refractivity contribution >= 4 is 0 Å². The van der Waals surface area contributed by atoms with Crippen LogP contribution in [0, 0.1) is 0 Å². The van der Waals surface area contributed by atoms with Crippen LogP contribution in [0.5, 0.6) is 0 Å². The summed E-state index contributed by atoms with van der Waals surface area (Å²) in [7, 11) is 0. The minimum Gasteiger partial charge on any atom is -0.308 e. The first-order valence-electron chi connectivity index (χ1n) is 5.08. The average Bonchev–Trinajstić information content (AvgIpc) is 2.19. The van der Waals surface area contributed by atoms with Gasteiger partial charge in [-0.05, 0) is 32.4 Å². The zero-order valence-corrected chi connectivity index (χ0v) is 9.09. The van der Waals surface area contributed by atoms with E-state index in [2.05, 4.69) is 50.0 Å². The Morgan fingerprint density at radius 2 is 1.93 bits per heavy atom. The van der Waals surface area contributed by atoms with E-state index in [0.29, 0.717) is 0 Å². The van der Waals surface area contributed by atoms with Crippen LogP contribution in [0.2, 0.25) is 0 Å². The van der Waals surface area contributed by atoms with E-state index < -0.39 is 0 Å². The zero-order chi connectivity index (χ0) is 10.4. The summed E-state index contributed by atoms with van der Waals surface area (Å²) < 4.78 is 0. The molecular formula is C13H19N. The van der Waals surface area contributed by atoms with Crippen LogP contribution >= 0.6 is 0 Å². The Bertz CT molecular complexity index is 275. The standard InChI is InChI=1S/C13H19N/c1-4-5-11-14-13(2,3)12-9-7-6-8-10-12/h4,6-10,14H,1,5,11H2,2-3H3. The predicted octanol–water partition coefficient (Wildman–Crippen LogP) is 3.09. The molecule has 0 aliphatic carbocycles. The van der Waals surface area contributed by atoms with Crippen molar-refractivity contribution in [2.45, 2.75) is 25.8 Å². The molecule has 14 heavy (non-hydrogen) atoms. The molecule has 0 aromatic heterocycles. The molecule has 0 fully saturated rings. The second-order valence-electron chi connectivity index (χ2n) is 4.00. The number of hydrogen-bond acceptors (Lipinski definition) is 1. The Balaban J connectivity index is 2.61. The van der Waals surface area contributed by atoms with Crippen molar-refractivity contribution in [3.8, 4) is 0 Å². The third kappa shape index (κ3) is 3.00. The van der Waals surface area contributed by atoms with E-state index >= 15 is 0 Å². The molecule has 0 aliphatic rings. The molecule has 1 nitrogen and oxygen atoms in total. The van der Waals surface area contributed by atoms with Gasteiger partial charge in [0.1, 0.15) is 0 Å². The molecule has 0 spiro atoms. The molecular weight excluding hydrogens is 170 g/mol. The molecule has 0 atom stereocenters. The summed E-state index contributed by atoms with van der Waals surface area (Å²) in [6, 6.07) is 10.5. The van der Waals surface area contributed by atoms with Crippen molar-refractivity contribution in [1.82, 2.24) is 5.32 Å². The summed E-state index contributed by atoms with van der Waals surface area (Å²) in [4.78, 5) is 0. The predicted molar refractivity (Wildman–Crippen MR) is 62.3 cm³/mol. The van der Waals surface area contributed by atoms with E-state index in [9.17, 15) is 0 Å². The maximum absolute atomic E-state index is 3.71. The molecule has 76 valence electrons. The molecule has 0 amide bonds. The molecule has 0 radical (unpaired) electrons. The van der Waals surface area contributed by atoms with Gasteiger partial charge in [0.05, 0.1) is 0 Å². The lowest BCUT2D eigenvalue weighted by Crippen LogP contribution is -2.36. The van der Waals surface area contributed by atoms with Crippen LogP contribution in [-0.2, 0) is 5.54 Å². The topological polar surface area (TPSA) is 12.0 Å². The van der Waals surface area contributed by atoms with Gasteiger partial charge in [-0.2, -0.15) is 0 Å². The Kier molecular flexibility index (Phi) is 3.90. The second kappa shape index (κ2) is 4.97. The van der Waals surface area contributed by atoms with Gasteiger partial charge < -0.3 is 5.32 Å². The molecule has 1 rings (SSSR count). The smallest absolute Gasteiger partial charge is 0.0377 e. The summed E-state index contributed by atoms with van der Waals surface area (Å²) >= 11 is 0. The fourth-order valence-corrected chi connectivity index (χ4v) is 1.44. The highest BCUT2D eigenvalue weighted by atomic mass is 14.9. The van der Waals surface area contributed by atoms with Gasteiger partial charge >= 0.3 is 0 Å². The number of nitrogens with one attached hydrogen (secondary N) is 1. The van der Waals surface area contributed by atoms with Crippen molar-refractivity contribution in [3.63, 3.8) is 0 Å². The Hall–Kier alpha value is -1.08. The molecule has 0 aliphatic heterocycles. The van der Waals surface area contributed by atoms with E-state index in [1.165, 1.54) is 5.56 Å². The lowest BCUT2D eigenvalue weighted by atomic mass is 9.94. The highest BCUT2D eigenvalue weighted by Crippen LogP contribution is 2.18. The first-order valence-corrected chi connectivity index (χ1v) is 5.08. The van der Waals surface area contributed by atoms with Crippen LogP contribution in [0.25, 0.3) is 0 Å². The number of hydrogen-bond donors (Lipinski definition) is 1. The SMILES string of the molecule is C=CCCNC(C)(C)c1ccccc1. The maximum Gasteiger partial charge on any atom is 0.0377 e. The lowest BCUT2D eigenvalue weighted by Gasteiger charge is -2.26. The minimum atomic E-state index is 0.0459. The van der Waals surface area contributed by atoms with E-state index in [1.807, 2.05) is 12.1 Å². The van der Waals surface area contributed by atoms with Gasteiger partial charge in [0.2, 0.25) is 0 Å². The van der Waals surface area contributed by atoms with Crippen LogP contribution in [-0.4, -0.2) is 6.54 Å². The number of benzene rings is 1. The van der Waals surface area contributed by atoms with Crippen LogP contribution in [0.3, 0.4) is 0 Å². The monoisotopic (exact) mass is 189 g/mol. The summed E-state index contributed by atoms with van der Waals surface area (Å²) in [6.45, 7) is 9.09. The second-order valence-corrected chi connectivity index (χ2v) is 4.00. The van der Waals surface area contributed by atoms with Crippen LogP contribution in [0.1, 0.15) is 25.8 Å². The summed E-state index contributed by atoms with van der Waals surface area (Å²) in [6.07, 6.45) is 2.95. The summed E-state index contributed by atoms with van der Waals surface area (Å²) in [5.41, 5.74) is 1.37. The molecule has 1 aromatic rings. The quantitative estimate of drug-likeness (QED) is 0.554.